The van der Waals surface area contributed by atoms with Gasteiger partial charge in [-0.2, -0.15) is 0 Å². The van der Waals surface area contributed by atoms with Gasteiger partial charge in [-0.25, -0.2) is 4.79 Å². The Morgan fingerprint density at radius 3 is 2.52 bits per heavy atom. The molecule has 2 aromatic carbocycles. The van der Waals surface area contributed by atoms with E-state index in [0.717, 1.165) is 5.56 Å². The van der Waals surface area contributed by atoms with Gasteiger partial charge in [0, 0.05) is 5.69 Å². The van der Waals surface area contributed by atoms with Crippen LogP contribution in [0.5, 0.6) is 0 Å². The second-order valence-electron chi connectivity index (χ2n) is 5.14. The summed E-state index contributed by atoms with van der Waals surface area (Å²) >= 11 is 6.12. The number of rotatable bonds is 4. The first-order chi connectivity index (χ1) is 10.9. The molecule has 0 saturated heterocycles. The number of ether oxygens (including phenoxy) is 1. The van der Waals surface area contributed by atoms with E-state index < -0.39 is 5.97 Å². The molecule has 2 rings (SSSR count). The van der Waals surface area contributed by atoms with Gasteiger partial charge in [0.2, 0.25) is 0 Å². The molecule has 0 bridgehead atoms. The molecule has 4 nitrogen and oxygen atoms in total. The van der Waals surface area contributed by atoms with Crippen LogP contribution in [0.1, 0.15) is 38.8 Å². The summed E-state index contributed by atoms with van der Waals surface area (Å²) in [6, 6.07) is 10.3. The highest BCUT2D eigenvalue weighted by atomic mass is 35.5. The predicted molar refractivity (Wildman–Crippen MR) is 91.3 cm³/mol. The molecule has 0 aromatic heterocycles. The number of esters is 1. The summed E-state index contributed by atoms with van der Waals surface area (Å²) in [6.07, 6.45) is 0. The molecule has 1 amide bonds. The van der Waals surface area contributed by atoms with Gasteiger partial charge in [0.25, 0.3) is 5.91 Å². The molecule has 0 radical (unpaired) electrons. The van der Waals surface area contributed by atoms with Gasteiger partial charge in [-0.1, -0.05) is 23.7 Å². The Morgan fingerprint density at radius 1 is 1.13 bits per heavy atom. The predicted octanol–water partition coefficient (Wildman–Crippen LogP) is 4.39. The van der Waals surface area contributed by atoms with Gasteiger partial charge in [-0.3, -0.25) is 4.79 Å². The molecule has 0 spiro atoms. The monoisotopic (exact) mass is 331 g/mol. The summed E-state index contributed by atoms with van der Waals surface area (Å²) in [5, 5.41) is 3.18. The van der Waals surface area contributed by atoms with E-state index >= 15 is 0 Å². The van der Waals surface area contributed by atoms with Crippen LogP contribution in [-0.2, 0) is 4.74 Å². The number of carbonyl (C=O) groups is 2. The summed E-state index contributed by atoms with van der Waals surface area (Å²) in [5.74, 6) is -0.728. The minimum Gasteiger partial charge on any atom is -0.462 e. The zero-order chi connectivity index (χ0) is 17.0. The number of halogens is 1. The van der Waals surface area contributed by atoms with E-state index in [-0.39, 0.29) is 5.91 Å². The molecule has 0 atom stereocenters. The summed E-state index contributed by atoms with van der Waals surface area (Å²) < 4.78 is 5.01. The van der Waals surface area contributed by atoms with Crippen LogP contribution in [0.3, 0.4) is 0 Å². The molecule has 0 saturated carbocycles. The van der Waals surface area contributed by atoms with Gasteiger partial charge in [0.05, 0.1) is 22.8 Å². The maximum absolute atomic E-state index is 12.4. The quantitative estimate of drug-likeness (QED) is 0.845. The standard InChI is InChI=1S/C18H18ClNO3/c1-4-23-18(22)13-6-5-7-16(12(13)3)20-17(21)14-9-8-11(2)10-15(14)19/h5-10H,4H2,1-3H3,(H,20,21). The Morgan fingerprint density at radius 2 is 1.87 bits per heavy atom. The van der Waals surface area contributed by atoms with E-state index in [9.17, 15) is 9.59 Å². The van der Waals surface area contributed by atoms with Gasteiger partial charge >= 0.3 is 5.97 Å². The normalized spacial score (nSPS) is 10.3. The number of anilines is 1. The number of amides is 1. The molecule has 0 aliphatic heterocycles. The van der Waals surface area contributed by atoms with E-state index in [4.69, 9.17) is 16.3 Å². The fraction of sp³-hybridized carbons (Fsp3) is 0.222. The molecular formula is C18H18ClNO3. The van der Waals surface area contributed by atoms with E-state index in [0.29, 0.717) is 34.0 Å². The van der Waals surface area contributed by atoms with Gasteiger partial charge in [0.15, 0.2) is 0 Å². The molecule has 0 aliphatic rings. The third-order valence-electron chi connectivity index (χ3n) is 3.45. The van der Waals surface area contributed by atoms with Crippen LogP contribution in [0.25, 0.3) is 0 Å². The fourth-order valence-electron chi connectivity index (χ4n) is 2.19. The number of hydrogen-bond donors (Lipinski definition) is 1. The van der Waals surface area contributed by atoms with Crippen LogP contribution >= 0.6 is 11.6 Å². The van der Waals surface area contributed by atoms with Gasteiger partial charge < -0.3 is 10.1 Å². The van der Waals surface area contributed by atoms with E-state index in [1.54, 1.807) is 44.2 Å². The maximum Gasteiger partial charge on any atom is 0.338 e. The SMILES string of the molecule is CCOC(=O)c1cccc(NC(=O)c2ccc(C)cc2Cl)c1C. The summed E-state index contributed by atoms with van der Waals surface area (Å²) in [7, 11) is 0. The van der Waals surface area contributed by atoms with Crippen LogP contribution < -0.4 is 5.32 Å². The highest BCUT2D eigenvalue weighted by molar-refractivity contribution is 6.34. The van der Waals surface area contributed by atoms with E-state index in [1.807, 2.05) is 13.0 Å². The molecule has 0 fully saturated rings. The van der Waals surface area contributed by atoms with Crippen molar-refractivity contribution in [3.05, 3.63) is 63.7 Å². The smallest absolute Gasteiger partial charge is 0.338 e. The van der Waals surface area contributed by atoms with Crippen molar-refractivity contribution in [2.45, 2.75) is 20.8 Å². The van der Waals surface area contributed by atoms with Crippen molar-refractivity contribution in [3.8, 4) is 0 Å². The van der Waals surface area contributed by atoms with E-state index in [1.165, 1.54) is 0 Å². The Bertz CT molecular complexity index is 756. The lowest BCUT2D eigenvalue weighted by atomic mass is 10.1. The Kier molecular flexibility index (Phi) is 5.40. The second-order valence-corrected chi connectivity index (χ2v) is 5.54. The second kappa shape index (κ2) is 7.29. The van der Waals surface area contributed by atoms with Crippen molar-refractivity contribution in [1.29, 1.82) is 0 Å². The van der Waals surface area contributed by atoms with Crippen molar-refractivity contribution in [3.63, 3.8) is 0 Å². The fourth-order valence-corrected chi connectivity index (χ4v) is 2.52. The van der Waals surface area contributed by atoms with Crippen LogP contribution in [0.15, 0.2) is 36.4 Å². The number of benzene rings is 2. The van der Waals surface area contributed by atoms with Gasteiger partial charge in [0.1, 0.15) is 0 Å². The lowest BCUT2D eigenvalue weighted by Gasteiger charge is -2.12. The Labute approximate surface area is 140 Å². The van der Waals surface area contributed by atoms with Crippen LogP contribution in [0.4, 0.5) is 5.69 Å². The largest absolute Gasteiger partial charge is 0.462 e. The molecule has 5 heteroatoms. The van der Waals surface area contributed by atoms with Gasteiger partial charge in [-0.05, 0) is 56.2 Å². The zero-order valence-electron chi connectivity index (χ0n) is 13.3. The average Bonchev–Trinajstić information content (AvgIpc) is 2.49. The van der Waals surface area contributed by atoms with Crippen LogP contribution in [0, 0.1) is 13.8 Å². The number of nitrogens with one attached hydrogen (secondary N) is 1. The van der Waals surface area contributed by atoms with Crippen molar-refractivity contribution in [1.82, 2.24) is 0 Å². The first-order valence-corrected chi connectivity index (χ1v) is 7.66. The maximum atomic E-state index is 12.4. The summed E-state index contributed by atoms with van der Waals surface area (Å²) in [5.41, 5.74) is 3.00. The molecule has 23 heavy (non-hydrogen) atoms. The Balaban J connectivity index is 2.28. The average molecular weight is 332 g/mol. The third-order valence-corrected chi connectivity index (χ3v) is 3.76. The minimum absolute atomic E-state index is 0.299. The van der Waals surface area contributed by atoms with Gasteiger partial charge in [-0.15, -0.1) is 0 Å². The third kappa shape index (κ3) is 3.90. The lowest BCUT2D eigenvalue weighted by Crippen LogP contribution is -2.15. The van der Waals surface area contributed by atoms with Crippen LogP contribution in [-0.4, -0.2) is 18.5 Å². The number of aryl methyl sites for hydroxylation is 1. The minimum atomic E-state index is -0.408. The van der Waals surface area contributed by atoms with Crippen molar-refractivity contribution < 1.29 is 14.3 Å². The van der Waals surface area contributed by atoms with E-state index in [2.05, 4.69) is 5.32 Å². The highest BCUT2D eigenvalue weighted by Gasteiger charge is 2.16. The molecule has 120 valence electrons. The molecule has 0 heterocycles. The number of carbonyl (C=O) groups excluding carboxylic acids is 2. The zero-order valence-corrected chi connectivity index (χ0v) is 14.0. The van der Waals surface area contributed by atoms with Crippen LogP contribution in [0.2, 0.25) is 5.02 Å². The summed E-state index contributed by atoms with van der Waals surface area (Å²) in [4.78, 5) is 24.3. The van der Waals surface area contributed by atoms with Crippen molar-refractivity contribution in [2.75, 3.05) is 11.9 Å². The van der Waals surface area contributed by atoms with Crippen molar-refractivity contribution >= 4 is 29.2 Å². The molecule has 1 N–H and O–H groups in total. The summed E-state index contributed by atoms with van der Waals surface area (Å²) in [6.45, 7) is 5.71. The molecule has 0 aliphatic carbocycles. The molecular weight excluding hydrogens is 314 g/mol. The Hall–Kier alpha value is -2.33. The van der Waals surface area contributed by atoms with Crippen molar-refractivity contribution in [2.24, 2.45) is 0 Å². The molecule has 2 aromatic rings. The number of hydrogen-bond acceptors (Lipinski definition) is 3. The first kappa shape index (κ1) is 17.0. The lowest BCUT2D eigenvalue weighted by molar-refractivity contribution is 0.0525. The highest BCUT2D eigenvalue weighted by Crippen LogP contribution is 2.23. The topological polar surface area (TPSA) is 55.4 Å². The first-order valence-electron chi connectivity index (χ1n) is 7.28. The molecule has 0 unspecified atom stereocenters.